The normalized spacial score (nSPS) is 11.8. The first-order valence-electron chi connectivity index (χ1n) is 7.33. The maximum atomic E-state index is 11.1. The maximum absolute atomic E-state index is 11.1. The van der Waals surface area contributed by atoms with Crippen LogP contribution in [0.1, 0.15) is 11.1 Å². The summed E-state index contributed by atoms with van der Waals surface area (Å²) >= 11 is 0. The average Bonchev–Trinajstić information content (AvgIpc) is 2.94. The Bertz CT molecular complexity index is 947. The van der Waals surface area contributed by atoms with Gasteiger partial charge in [-0.2, -0.15) is 0 Å². The summed E-state index contributed by atoms with van der Waals surface area (Å²) in [5.41, 5.74) is 6.29. The summed E-state index contributed by atoms with van der Waals surface area (Å²) in [6.45, 7) is 0. The van der Waals surface area contributed by atoms with Crippen LogP contribution in [0.15, 0.2) is 60.7 Å². The molecule has 1 aliphatic carbocycles. The van der Waals surface area contributed by atoms with E-state index >= 15 is 0 Å². The highest BCUT2D eigenvalue weighted by Crippen LogP contribution is 2.42. The molecule has 0 radical (unpaired) electrons. The molecule has 3 aromatic carbocycles. The van der Waals surface area contributed by atoms with E-state index in [0.717, 1.165) is 17.5 Å². The Hall–Kier alpha value is -3.14. The third kappa shape index (κ3) is 2.07. The zero-order valence-electron chi connectivity index (χ0n) is 12.2. The second-order valence-corrected chi connectivity index (χ2v) is 5.63. The largest absolute Gasteiger partial charge is 0.502 e. The van der Waals surface area contributed by atoms with E-state index in [0.29, 0.717) is 0 Å². The Morgan fingerprint density at radius 2 is 1.65 bits per heavy atom. The van der Waals surface area contributed by atoms with Crippen LogP contribution in [0.5, 0.6) is 5.75 Å². The number of aromatic hydroxyl groups is 1. The highest BCUT2D eigenvalue weighted by Gasteiger charge is 2.22. The van der Waals surface area contributed by atoms with Gasteiger partial charge in [0, 0.05) is 6.07 Å². The number of nitro groups is 1. The number of nitrogens with zero attached hydrogens (tertiary/aromatic N) is 1. The first-order valence-corrected chi connectivity index (χ1v) is 7.33. The van der Waals surface area contributed by atoms with E-state index in [9.17, 15) is 15.2 Å². The van der Waals surface area contributed by atoms with E-state index in [1.165, 1.54) is 34.4 Å². The number of hydrogen-bond donors (Lipinski definition) is 1. The molecular weight excluding hydrogens is 290 g/mol. The number of phenols is 1. The van der Waals surface area contributed by atoms with Crippen LogP contribution in [-0.4, -0.2) is 10.0 Å². The molecule has 0 amide bonds. The van der Waals surface area contributed by atoms with Crippen molar-refractivity contribution in [2.24, 2.45) is 0 Å². The zero-order chi connectivity index (χ0) is 16.0. The van der Waals surface area contributed by atoms with Gasteiger partial charge in [0.25, 0.3) is 0 Å². The van der Waals surface area contributed by atoms with Gasteiger partial charge in [-0.15, -0.1) is 0 Å². The second-order valence-electron chi connectivity index (χ2n) is 5.63. The van der Waals surface area contributed by atoms with Gasteiger partial charge in [0.1, 0.15) is 0 Å². The highest BCUT2D eigenvalue weighted by molar-refractivity contribution is 5.85. The van der Waals surface area contributed by atoms with Gasteiger partial charge in [0.15, 0.2) is 5.75 Å². The number of nitro benzene ring substituents is 1. The Morgan fingerprint density at radius 1 is 0.913 bits per heavy atom. The number of benzene rings is 3. The summed E-state index contributed by atoms with van der Waals surface area (Å²) in [5, 5.41) is 20.7. The van der Waals surface area contributed by atoms with Gasteiger partial charge in [-0.1, -0.05) is 48.5 Å². The molecule has 0 saturated carbocycles. The van der Waals surface area contributed by atoms with E-state index in [1.807, 2.05) is 24.3 Å². The minimum absolute atomic E-state index is 0.268. The fourth-order valence-corrected chi connectivity index (χ4v) is 3.26. The summed E-state index contributed by atoms with van der Waals surface area (Å²) in [4.78, 5) is 10.5. The predicted octanol–water partition coefficient (Wildman–Crippen LogP) is 4.54. The smallest absolute Gasteiger partial charge is 0.311 e. The van der Waals surface area contributed by atoms with E-state index in [-0.39, 0.29) is 11.4 Å². The monoisotopic (exact) mass is 303 g/mol. The fraction of sp³-hybridized carbons (Fsp3) is 0.0526. The number of fused-ring (bicyclic) bond motifs is 3. The van der Waals surface area contributed by atoms with Crippen molar-refractivity contribution in [3.05, 3.63) is 81.9 Å². The van der Waals surface area contributed by atoms with Gasteiger partial charge in [-0.05, 0) is 45.9 Å². The first-order chi connectivity index (χ1) is 11.1. The van der Waals surface area contributed by atoms with Gasteiger partial charge in [-0.25, -0.2) is 0 Å². The average molecular weight is 303 g/mol. The summed E-state index contributed by atoms with van der Waals surface area (Å²) in [6.07, 6.45) is 0.816. The molecule has 0 aromatic heterocycles. The quantitative estimate of drug-likeness (QED) is 0.437. The lowest BCUT2D eigenvalue weighted by atomic mass is 9.95. The molecule has 4 nitrogen and oxygen atoms in total. The third-order valence-corrected chi connectivity index (χ3v) is 4.33. The molecule has 1 N–H and O–H groups in total. The Morgan fingerprint density at radius 3 is 2.48 bits per heavy atom. The highest BCUT2D eigenvalue weighted by atomic mass is 16.6. The summed E-state index contributed by atoms with van der Waals surface area (Å²) in [6, 6.07) is 18.8. The van der Waals surface area contributed by atoms with Crippen molar-refractivity contribution in [2.45, 2.75) is 6.42 Å². The summed E-state index contributed by atoms with van der Waals surface area (Å²) in [7, 11) is 0. The van der Waals surface area contributed by atoms with Crippen molar-refractivity contribution >= 4 is 5.69 Å². The van der Waals surface area contributed by atoms with Crippen LogP contribution in [0.2, 0.25) is 0 Å². The molecule has 0 aliphatic heterocycles. The molecular formula is C19H13NO3. The zero-order valence-corrected chi connectivity index (χ0v) is 12.2. The predicted molar refractivity (Wildman–Crippen MR) is 88.4 cm³/mol. The minimum Gasteiger partial charge on any atom is -0.502 e. The fourth-order valence-electron chi connectivity index (χ4n) is 3.26. The van der Waals surface area contributed by atoms with Crippen molar-refractivity contribution in [3.63, 3.8) is 0 Å². The van der Waals surface area contributed by atoms with E-state index in [4.69, 9.17) is 0 Å². The lowest BCUT2D eigenvalue weighted by molar-refractivity contribution is -0.385. The topological polar surface area (TPSA) is 63.4 Å². The van der Waals surface area contributed by atoms with Crippen molar-refractivity contribution in [2.75, 3.05) is 0 Å². The molecule has 23 heavy (non-hydrogen) atoms. The molecule has 0 bridgehead atoms. The van der Waals surface area contributed by atoms with Gasteiger partial charge >= 0.3 is 5.69 Å². The SMILES string of the molecule is O=[N+]([O-])c1cc(-c2cccc3c2Cc2ccccc2-3)ccc1O. The first kappa shape index (κ1) is 13.5. The van der Waals surface area contributed by atoms with Gasteiger partial charge in [-0.3, -0.25) is 10.1 Å². The van der Waals surface area contributed by atoms with Crippen LogP contribution in [0, 0.1) is 10.1 Å². The van der Waals surface area contributed by atoms with Crippen molar-refractivity contribution in [1.82, 2.24) is 0 Å². The number of hydrogen-bond acceptors (Lipinski definition) is 3. The van der Waals surface area contributed by atoms with Crippen molar-refractivity contribution < 1.29 is 10.0 Å². The Balaban J connectivity index is 1.90. The van der Waals surface area contributed by atoms with Crippen LogP contribution >= 0.6 is 0 Å². The lowest BCUT2D eigenvalue weighted by Crippen LogP contribution is -1.92. The van der Waals surface area contributed by atoms with Crippen LogP contribution in [0.3, 0.4) is 0 Å². The number of rotatable bonds is 2. The van der Waals surface area contributed by atoms with Crippen LogP contribution in [0.4, 0.5) is 5.69 Å². The van der Waals surface area contributed by atoms with E-state index in [2.05, 4.69) is 18.2 Å². The third-order valence-electron chi connectivity index (χ3n) is 4.33. The minimum atomic E-state index is -0.559. The van der Waals surface area contributed by atoms with Crippen LogP contribution < -0.4 is 0 Å². The molecule has 3 aromatic rings. The molecule has 4 rings (SSSR count). The molecule has 0 atom stereocenters. The van der Waals surface area contributed by atoms with Gasteiger partial charge in [0.2, 0.25) is 0 Å². The number of phenolic OH excluding ortho intramolecular Hbond substituents is 1. The Kier molecular flexibility index (Phi) is 2.91. The molecule has 0 spiro atoms. The summed E-state index contributed by atoms with van der Waals surface area (Å²) in [5.74, 6) is -0.311. The van der Waals surface area contributed by atoms with Gasteiger partial charge in [0.05, 0.1) is 4.92 Å². The van der Waals surface area contributed by atoms with E-state index < -0.39 is 4.92 Å². The van der Waals surface area contributed by atoms with Crippen LogP contribution in [-0.2, 0) is 6.42 Å². The Labute approximate surface area is 132 Å². The molecule has 0 unspecified atom stereocenters. The van der Waals surface area contributed by atoms with E-state index in [1.54, 1.807) is 6.07 Å². The van der Waals surface area contributed by atoms with Crippen molar-refractivity contribution in [3.8, 4) is 28.0 Å². The molecule has 0 saturated heterocycles. The van der Waals surface area contributed by atoms with Crippen LogP contribution in [0.25, 0.3) is 22.3 Å². The van der Waals surface area contributed by atoms with Gasteiger partial charge < -0.3 is 5.11 Å². The molecule has 0 heterocycles. The molecule has 1 aliphatic rings. The molecule has 0 fully saturated rings. The second kappa shape index (κ2) is 4.95. The lowest BCUT2D eigenvalue weighted by Gasteiger charge is -2.09. The van der Waals surface area contributed by atoms with Crippen molar-refractivity contribution in [1.29, 1.82) is 0 Å². The molecule has 112 valence electrons. The maximum Gasteiger partial charge on any atom is 0.311 e. The molecule has 4 heteroatoms. The summed E-state index contributed by atoms with van der Waals surface area (Å²) < 4.78 is 0. The standard InChI is InChI=1S/C19H13NO3/c21-19-9-8-13(11-18(19)20(22)23)15-6-3-7-16-14-5-2-1-4-12(14)10-17(15)16/h1-9,11,21H,10H2.